The molecule has 3 atom stereocenters. The lowest BCUT2D eigenvalue weighted by atomic mass is 9.92. The van der Waals surface area contributed by atoms with Crippen LogP contribution in [0.25, 0.3) is 0 Å². The van der Waals surface area contributed by atoms with Crippen molar-refractivity contribution in [3.8, 4) is 5.75 Å². The Balaban J connectivity index is 1.88. The van der Waals surface area contributed by atoms with Gasteiger partial charge in [-0.2, -0.15) is 0 Å². The smallest absolute Gasteiger partial charge is 0.261 e. The van der Waals surface area contributed by atoms with Gasteiger partial charge in [-0.05, 0) is 38.0 Å². The zero-order valence-electron chi connectivity index (χ0n) is 11.5. The molecule has 1 amide bonds. The molecule has 0 aliphatic heterocycles. The average Bonchev–Trinajstić information content (AvgIpc) is 2.41. The van der Waals surface area contributed by atoms with Crippen molar-refractivity contribution in [3.63, 3.8) is 0 Å². The predicted molar refractivity (Wildman–Crippen MR) is 77.9 cm³/mol. The Morgan fingerprint density at radius 1 is 1.45 bits per heavy atom. The van der Waals surface area contributed by atoms with E-state index in [1.54, 1.807) is 31.2 Å². The highest BCUT2D eigenvalue weighted by molar-refractivity contribution is 6.30. The number of carbonyl (C=O) groups is 1. The van der Waals surface area contributed by atoms with E-state index in [1.165, 1.54) is 0 Å². The number of rotatable bonds is 4. The van der Waals surface area contributed by atoms with Crippen molar-refractivity contribution < 1.29 is 14.6 Å². The molecule has 1 aromatic carbocycles. The summed E-state index contributed by atoms with van der Waals surface area (Å²) in [4.78, 5) is 12.1. The first-order valence-electron chi connectivity index (χ1n) is 6.97. The Kier molecular flexibility index (Phi) is 5.26. The van der Waals surface area contributed by atoms with Gasteiger partial charge in [0.2, 0.25) is 0 Å². The quantitative estimate of drug-likeness (QED) is 0.898. The lowest BCUT2D eigenvalue weighted by molar-refractivity contribution is -0.129. The van der Waals surface area contributed by atoms with Gasteiger partial charge in [-0.3, -0.25) is 4.79 Å². The fourth-order valence-electron chi connectivity index (χ4n) is 2.38. The molecular formula is C15H20ClNO3. The van der Waals surface area contributed by atoms with Gasteiger partial charge >= 0.3 is 0 Å². The minimum absolute atomic E-state index is 0.165. The molecule has 1 aromatic rings. The third-order valence-corrected chi connectivity index (χ3v) is 3.77. The Hall–Kier alpha value is -1.26. The van der Waals surface area contributed by atoms with E-state index < -0.39 is 12.2 Å². The molecule has 20 heavy (non-hydrogen) atoms. The van der Waals surface area contributed by atoms with E-state index in [0.717, 1.165) is 25.7 Å². The molecule has 4 nitrogen and oxygen atoms in total. The first kappa shape index (κ1) is 15.1. The van der Waals surface area contributed by atoms with E-state index in [1.807, 2.05) is 0 Å². The summed E-state index contributed by atoms with van der Waals surface area (Å²) in [7, 11) is 0. The van der Waals surface area contributed by atoms with E-state index >= 15 is 0 Å². The molecule has 0 spiro atoms. The summed E-state index contributed by atoms with van der Waals surface area (Å²) in [6, 6.07) is 6.78. The molecular weight excluding hydrogens is 278 g/mol. The largest absolute Gasteiger partial charge is 0.481 e. The molecule has 1 aliphatic carbocycles. The molecule has 1 saturated carbocycles. The molecule has 1 unspecified atom stereocenters. The summed E-state index contributed by atoms with van der Waals surface area (Å²) in [6.45, 7) is 1.69. The van der Waals surface area contributed by atoms with Crippen LogP contribution in [0.15, 0.2) is 24.3 Å². The highest BCUT2D eigenvalue weighted by atomic mass is 35.5. The van der Waals surface area contributed by atoms with Crippen molar-refractivity contribution >= 4 is 17.5 Å². The van der Waals surface area contributed by atoms with Crippen LogP contribution in [-0.4, -0.2) is 29.3 Å². The molecule has 1 aliphatic rings. The number of amides is 1. The van der Waals surface area contributed by atoms with E-state index in [4.69, 9.17) is 16.3 Å². The van der Waals surface area contributed by atoms with Crippen LogP contribution >= 0.6 is 11.6 Å². The summed E-state index contributed by atoms with van der Waals surface area (Å²) in [6.07, 6.45) is 2.53. The maximum absolute atomic E-state index is 12.1. The Morgan fingerprint density at radius 2 is 2.20 bits per heavy atom. The number of ether oxygens (including phenoxy) is 1. The maximum Gasteiger partial charge on any atom is 0.261 e. The van der Waals surface area contributed by atoms with Crippen LogP contribution in [0.2, 0.25) is 5.02 Å². The van der Waals surface area contributed by atoms with Gasteiger partial charge in [0.25, 0.3) is 5.91 Å². The number of carbonyl (C=O) groups excluding carboxylic acids is 1. The number of nitrogens with one attached hydrogen (secondary N) is 1. The summed E-state index contributed by atoms with van der Waals surface area (Å²) in [5, 5.41) is 13.3. The van der Waals surface area contributed by atoms with Crippen LogP contribution in [0.1, 0.15) is 32.6 Å². The molecule has 1 fully saturated rings. The van der Waals surface area contributed by atoms with E-state index in [-0.39, 0.29) is 11.9 Å². The molecule has 0 aromatic heterocycles. The van der Waals surface area contributed by atoms with E-state index in [2.05, 4.69) is 5.32 Å². The van der Waals surface area contributed by atoms with Crippen LogP contribution in [0, 0.1) is 0 Å². The van der Waals surface area contributed by atoms with Crippen molar-refractivity contribution in [2.45, 2.75) is 50.9 Å². The van der Waals surface area contributed by atoms with Crippen LogP contribution < -0.4 is 10.1 Å². The molecule has 5 heteroatoms. The third kappa shape index (κ3) is 4.12. The molecule has 0 saturated heterocycles. The molecule has 2 rings (SSSR count). The van der Waals surface area contributed by atoms with Gasteiger partial charge in [0, 0.05) is 5.02 Å². The minimum atomic E-state index is -0.623. The Morgan fingerprint density at radius 3 is 2.90 bits per heavy atom. The van der Waals surface area contributed by atoms with Gasteiger partial charge in [-0.25, -0.2) is 0 Å². The van der Waals surface area contributed by atoms with Crippen LogP contribution in [0.3, 0.4) is 0 Å². The van der Waals surface area contributed by atoms with Crippen molar-refractivity contribution in [2.75, 3.05) is 0 Å². The van der Waals surface area contributed by atoms with E-state index in [9.17, 15) is 9.90 Å². The minimum Gasteiger partial charge on any atom is -0.481 e. The van der Waals surface area contributed by atoms with Crippen LogP contribution in [-0.2, 0) is 4.79 Å². The monoisotopic (exact) mass is 297 g/mol. The van der Waals surface area contributed by atoms with Crippen molar-refractivity contribution in [1.82, 2.24) is 5.32 Å². The Bertz CT molecular complexity index is 466. The summed E-state index contributed by atoms with van der Waals surface area (Å²) < 4.78 is 5.56. The lowest BCUT2D eigenvalue weighted by Gasteiger charge is -2.29. The average molecular weight is 298 g/mol. The van der Waals surface area contributed by atoms with Gasteiger partial charge in [-0.1, -0.05) is 30.5 Å². The lowest BCUT2D eigenvalue weighted by Crippen LogP contribution is -2.49. The fourth-order valence-corrected chi connectivity index (χ4v) is 2.56. The molecule has 0 bridgehead atoms. The van der Waals surface area contributed by atoms with E-state index in [0.29, 0.717) is 10.8 Å². The molecule has 110 valence electrons. The zero-order valence-corrected chi connectivity index (χ0v) is 12.3. The normalized spacial score (nSPS) is 23.9. The fraction of sp³-hybridized carbons (Fsp3) is 0.533. The van der Waals surface area contributed by atoms with Crippen LogP contribution in [0.5, 0.6) is 5.75 Å². The number of benzene rings is 1. The summed E-state index contributed by atoms with van der Waals surface area (Å²) >= 11 is 5.87. The molecule has 2 N–H and O–H groups in total. The highest BCUT2D eigenvalue weighted by Gasteiger charge is 2.26. The third-order valence-electron chi connectivity index (χ3n) is 3.54. The predicted octanol–water partition coefficient (Wildman–Crippen LogP) is 2.53. The second kappa shape index (κ2) is 6.95. The first-order chi connectivity index (χ1) is 9.56. The van der Waals surface area contributed by atoms with Crippen molar-refractivity contribution in [2.24, 2.45) is 0 Å². The van der Waals surface area contributed by atoms with Gasteiger partial charge in [0.15, 0.2) is 6.10 Å². The number of aliphatic hydroxyl groups excluding tert-OH is 1. The first-order valence-corrected chi connectivity index (χ1v) is 7.34. The summed E-state index contributed by atoms with van der Waals surface area (Å²) in [5.74, 6) is 0.347. The highest BCUT2D eigenvalue weighted by Crippen LogP contribution is 2.20. The molecule has 0 radical (unpaired) electrons. The van der Waals surface area contributed by atoms with Crippen LogP contribution in [0.4, 0.5) is 0 Å². The van der Waals surface area contributed by atoms with Gasteiger partial charge in [-0.15, -0.1) is 0 Å². The zero-order chi connectivity index (χ0) is 14.5. The second-order valence-corrected chi connectivity index (χ2v) is 5.62. The number of aliphatic hydroxyl groups is 1. The van der Waals surface area contributed by atoms with Crippen molar-refractivity contribution in [1.29, 1.82) is 0 Å². The SMILES string of the molecule is CC(Oc1cccc(Cl)c1)C(=O)N[C@@H]1CCCC[C@H]1O. The Labute approximate surface area is 124 Å². The molecule has 0 heterocycles. The number of hydrogen-bond donors (Lipinski definition) is 2. The number of halogens is 1. The standard InChI is InChI=1S/C15H20ClNO3/c1-10(20-12-6-4-5-11(16)9-12)15(19)17-13-7-2-3-8-14(13)18/h4-6,9-10,13-14,18H,2-3,7-8H2,1H3,(H,17,19)/t10?,13-,14-/m1/s1. The number of hydrogen-bond acceptors (Lipinski definition) is 3. The maximum atomic E-state index is 12.1. The van der Waals surface area contributed by atoms with Gasteiger partial charge in [0.05, 0.1) is 12.1 Å². The van der Waals surface area contributed by atoms with Crippen molar-refractivity contribution in [3.05, 3.63) is 29.3 Å². The second-order valence-electron chi connectivity index (χ2n) is 5.18. The topological polar surface area (TPSA) is 58.6 Å². The summed E-state index contributed by atoms with van der Waals surface area (Å²) in [5.41, 5.74) is 0. The van der Waals surface area contributed by atoms with Gasteiger partial charge in [0.1, 0.15) is 5.75 Å². The van der Waals surface area contributed by atoms with Gasteiger partial charge < -0.3 is 15.2 Å².